The second-order valence-electron chi connectivity index (χ2n) is 4.15. The van der Waals surface area contributed by atoms with E-state index in [0.717, 1.165) is 11.1 Å². The summed E-state index contributed by atoms with van der Waals surface area (Å²) in [5.74, 6) is -0.0247. The van der Waals surface area contributed by atoms with Crippen LogP contribution in [-0.2, 0) is 27.4 Å². The first-order valence-electron chi connectivity index (χ1n) is 6.30. The first-order valence-corrected chi connectivity index (χ1v) is 6.30. The van der Waals surface area contributed by atoms with Crippen LogP contribution in [0.3, 0.4) is 0 Å². The minimum atomic E-state index is -0.0247. The number of hydrogen-bond acceptors (Lipinski definition) is 4. The van der Waals surface area contributed by atoms with E-state index in [1.807, 2.05) is 24.3 Å². The van der Waals surface area contributed by atoms with E-state index in [4.69, 9.17) is 9.47 Å². The van der Waals surface area contributed by atoms with Crippen LogP contribution in [-0.4, -0.2) is 39.8 Å². The molecule has 0 aliphatic carbocycles. The molecular weight excluding hydrogens is 280 g/mol. The molecule has 0 saturated heterocycles. The number of amides is 1. The molecule has 0 aliphatic rings. The van der Waals surface area contributed by atoms with E-state index in [0.29, 0.717) is 32.8 Å². The topological polar surface area (TPSA) is 59.6 Å². The van der Waals surface area contributed by atoms with E-state index < -0.39 is 0 Å². The maximum Gasteiger partial charge on any atom is 0.234 e. The second-order valence-corrected chi connectivity index (χ2v) is 4.15. The SMILES string of the molecule is COCCNCC(=O)NCc1ccccc1COC.Cl. The van der Waals surface area contributed by atoms with Crippen molar-refractivity contribution in [1.29, 1.82) is 0 Å². The monoisotopic (exact) mass is 302 g/mol. The minimum Gasteiger partial charge on any atom is -0.383 e. The van der Waals surface area contributed by atoms with Crippen molar-refractivity contribution in [2.45, 2.75) is 13.2 Å². The van der Waals surface area contributed by atoms with Crippen LogP contribution < -0.4 is 10.6 Å². The van der Waals surface area contributed by atoms with Crippen LogP contribution in [0.4, 0.5) is 0 Å². The zero-order chi connectivity index (χ0) is 13.9. The largest absolute Gasteiger partial charge is 0.383 e. The molecule has 6 heteroatoms. The normalized spacial score (nSPS) is 9.90. The number of hydrogen-bond donors (Lipinski definition) is 2. The number of ether oxygens (including phenoxy) is 2. The van der Waals surface area contributed by atoms with Gasteiger partial charge >= 0.3 is 0 Å². The Kier molecular flexibility index (Phi) is 11.0. The van der Waals surface area contributed by atoms with Gasteiger partial charge in [0, 0.05) is 27.3 Å². The van der Waals surface area contributed by atoms with Crippen molar-refractivity contribution >= 4 is 18.3 Å². The maximum atomic E-state index is 11.6. The lowest BCUT2D eigenvalue weighted by Crippen LogP contribution is -2.35. The van der Waals surface area contributed by atoms with Gasteiger partial charge in [-0.2, -0.15) is 0 Å². The highest BCUT2D eigenvalue weighted by Crippen LogP contribution is 2.09. The minimum absolute atomic E-state index is 0. The van der Waals surface area contributed by atoms with Gasteiger partial charge in [0.2, 0.25) is 5.91 Å². The van der Waals surface area contributed by atoms with Crippen molar-refractivity contribution in [3.05, 3.63) is 35.4 Å². The predicted octanol–water partition coefficient (Wildman–Crippen LogP) is 1.11. The Morgan fingerprint density at radius 2 is 1.85 bits per heavy atom. The average molecular weight is 303 g/mol. The van der Waals surface area contributed by atoms with Crippen molar-refractivity contribution in [2.75, 3.05) is 33.9 Å². The quantitative estimate of drug-likeness (QED) is 0.671. The van der Waals surface area contributed by atoms with Gasteiger partial charge in [-0.15, -0.1) is 12.4 Å². The molecule has 1 aromatic rings. The molecule has 0 heterocycles. The van der Waals surface area contributed by atoms with Gasteiger partial charge in [-0.05, 0) is 11.1 Å². The molecule has 0 radical (unpaired) electrons. The lowest BCUT2D eigenvalue weighted by molar-refractivity contribution is -0.120. The summed E-state index contributed by atoms with van der Waals surface area (Å²) in [6.07, 6.45) is 0. The number of benzene rings is 1. The Morgan fingerprint density at radius 1 is 1.15 bits per heavy atom. The van der Waals surface area contributed by atoms with Crippen molar-refractivity contribution in [2.24, 2.45) is 0 Å². The third-order valence-electron chi connectivity index (χ3n) is 2.66. The van der Waals surface area contributed by atoms with Crippen LogP contribution in [0.5, 0.6) is 0 Å². The zero-order valence-electron chi connectivity index (χ0n) is 12.0. The first-order chi connectivity index (χ1) is 9.27. The molecule has 0 bridgehead atoms. The molecule has 2 N–H and O–H groups in total. The number of methoxy groups -OCH3 is 2. The Morgan fingerprint density at radius 3 is 2.50 bits per heavy atom. The number of carbonyl (C=O) groups is 1. The van der Waals surface area contributed by atoms with Gasteiger partial charge < -0.3 is 20.1 Å². The van der Waals surface area contributed by atoms with Gasteiger partial charge in [0.1, 0.15) is 0 Å². The molecule has 0 aromatic heterocycles. The van der Waals surface area contributed by atoms with Crippen LogP contribution in [0.25, 0.3) is 0 Å². The molecule has 114 valence electrons. The molecular formula is C14H23ClN2O3. The average Bonchev–Trinajstić information content (AvgIpc) is 2.43. The first kappa shape index (κ1) is 18.9. The summed E-state index contributed by atoms with van der Waals surface area (Å²) < 4.78 is 10.0. The molecule has 0 spiro atoms. The predicted molar refractivity (Wildman–Crippen MR) is 81.0 cm³/mol. The molecule has 1 aromatic carbocycles. The van der Waals surface area contributed by atoms with Crippen LogP contribution in [0.1, 0.15) is 11.1 Å². The molecule has 1 amide bonds. The molecule has 0 fully saturated rings. The third kappa shape index (κ3) is 7.45. The fourth-order valence-corrected chi connectivity index (χ4v) is 1.66. The van der Waals surface area contributed by atoms with Crippen molar-refractivity contribution < 1.29 is 14.3 Å². The Balaban J connectivity index is 0.00000361. The highest BCUT2D eigenvalue weighted by atomic mass is 35.5. The highest BCUT2D eigenvalue weighted by molar-refractivity contribution is 5.85. The lowest BCUT2D eigenvalue weighted by atomic mass is 10.1. The Bertz CT molecular complexity index is 388. The van der Waals surface area contributed by atoms with Crippen molar-refractivity contribution in [1.82, 2.24) is 10.6 Å². The van der Waals surface area contributed by atoms with Crippen molar-refractivity contribution in [3.63, 3.8) is 0 Å². The summed E-state index contributed by atoms with van der Waals surface area (Å²) in [7, 11) is 3.30. The van der Waals surface area contributed by atoms with Crippen LogP contribution in [0.15, 0.2) is 24.3 Å². The van der Waals surface area contributed by atoms with Crippen LogP contribution in [0.2, 0.25) is 0 Å². The maximum absolute atomic E-state index is 11.6. The summed E-state index contributed by atoms with van der Waals surface area (Å²) in [4.78, 5) is 11.6. The molecule has 0 unspecified atom stereocenters. The van der Waals surface area contributed by atoms with E-state index in [2.05, 4.69) is 10.6 Å². The third-order valence-corrected chi connectivity index (χ3v) is 2.66. The van der Waals surface area contributed by atoms with Crippen LogP contribution >= 0.6 is 12.4 Å². The zero-order valence-corrected chi connectivity index (χ0v) is 12.8. The number of halogens is 1. The highest BCUT2D eigenvalue weighted by Gasteiger charge is 2.04. The van der Waals surface area contributed by atoms with Gasteiger partial charge in [0.15, 0.2) is 0 Å². The summed E-state index contributed by atoms with van der Waals surface area (Å²) in [6.45, 7) is 2.65. The molecule has 1 rings (SSSR count). The number of carbonyl (C=O) groups excluding carboxylic acids is 1. The molecule has 0 atom stereocenters. The van der Waals surface area contributed by atoms with Crippen molar-refractivity contribution in [3.8, 4) is 0 Å². The summed E-state index contributed by atoms with van der Waals surface area (Å²) in [5.41, 5.74) is 2.17. The second kappa shape index (κ2) is 11.7. The van der Waals surface area contributed by atoms with E-state index in [-0.39, 0.29) is 18.3 Å². The van der Waals surface area contributed by atoms with E-state index >= 15 is 0 Å². The molecule has 20 heavy (non-hydrogen) atoms. The lowest BCUT2D eigenvalue weighted by Gasteiger charge is -2.10. The molecule has 0 aliphatic heterocycles. The van der Waals surface area contributed by atoms with Gasteiger partial charge in [-0.1, -0.05) is 24.3 Å². The Labute approximate surface area is 126 Å². The number of rotatable bonds is 9. The van der Waals surface area contributed by atoms with Gasteiger partial charge in [0.25, 0.3) is 0 Å². The standard InChI is InChI=1S/C14H22N2O3.ClH/c1-18-8-7-15-10-14(17)16-9-12-5-3-4-6-13(12)11-19-2;/h3-6,15H,7-11H2,1-2H3,(H,16,17);1H. The Hall–Kier alpha value is -1.14. The summed E-state index contributed by atoms with van der Waals surface area (Å²) in [6, 6.07) is 7.91. The van der Waals surface area contributed by atoms with Crippen LogP contribution in [0, 0.1) is 0 Å². The summed E-state index contributed by atoms with van der Waals surface area (Å²) in [5, 5.41) is 5.88. The van der Waals surface area contributed by atoms with E-state index in [9.17, 15) is 4.79 Å². The number of nitrogens with one attached hydrogen (secondary N) is 2. The molecule has 5 nitrogen and oxygen atoms in total. The summed E-state index contributed by atoms with van der Waals surface area (Å²) >= 11 is 0. The van der Waals surface area contributed by atoms with E-state index in [1.165, 1.54) is 0 Å². The van der Waals surface area contributed by atoms with Gasteiger partial charge in [-0.25, -0.2) is 0 Å². The smallest absolute Gasteiger partial charge is 0.234 e. The van der Waals surface area contributed by atoms with Gasteiger partial charge in [-0.3, -0.25) is 4.79 Å². The van der Waals surface area contributed by atoms with E-state index in [1.54, 1.807) is 14.2 Å². The fraction of sp³-hybridized carbons (Fsp3) is 0.500. The molecule has 0 saturated carbocycles. The van der Waals surface area contributed by atoms with Gasteiger partial charge in [0.05, 0.1) is 19.8 Å². The fourth-order valence-electron chi connectivity index (χ4n) is 1.66.